The van der Waals surface area contributed by atoms with Crippen molar-refractivity contribution >= 4 is 0 Å². The molecule has 0 aliphatic carbocycles. The lowest BCUT2D eigenvalue weighted by atomic mass is 10.0. The van der Waals surface area contributed by atoms with Gasteiger partial charge in [0.15, 0.2) is 0 Å². The number of halogens is 1. The summed E-state index contributed by atoms with van der Waals surface area (Å²) in [6, 6.07) is 6.38. The van der Waals surface area contributed by atoms with Gasteiger partial charge in [-0.25, -0.2) is 4.39 Å². The van der Waals surface area contributed by atoms with E-state index in [1.54, 1.807) is 25.1 Å². The average Bonchev–Trinajstić information content (AvgIpc) is 2.67. The van der Waals surface area contributed by atoms with E-state index in [-0.39, 0.29) is 5.56 Å². The molecule has 1 N–H and O–H groups in total. The van der Waals surface area contributed by atoms with E-state index in [4.69, 9.17) is 4.42 Å². The highest BCUT2D eigenvalue weighted by Crippen LogP contribution is 2.26. The van der Waals surface area contributed by atoms with Crippen molar-refractivity contribution in [1.29, 1.82) is 0 Å². The molecule has 1 heterocycles. The molecule has 0 aliphatic heterocycles. The van der Waals surface area contributed by atoms with Gasteiger partial charge in [-0.2, -0.15) is 0 Å². The van der Waals surface area contributed by atoms with Gasteiger partial charge >= 0.3 is 0 Å². The van der Waals surface area contributed by atoms with Crippen molar-refractivity contribution in [1.82, 2.24) is 0 Å². The number of furan rings is 1. The van der Waals surface area contributed by atoms with E-state index < -0.39 is 11.9 Å². The molecule has 2 rings (SSSR count). The number of hydrogen-bond acceptors (Lipinski definition) is 2. The smallest absolute Gasteiger partial charge is 0.129 e. The first-order valence-electron chi connectivity index (χ1n) is 5.07. The molecule has 0 aliphatic rings. The van der Waals surface area contributed by atoms with Crippen molar-refractivity contribution in [2.24, 2.45) is 0 Å². The molecule has 1 unspecified atom stereocenters. The first-order valence-corrected chi connectivity index (χ1v) is 5.07. The van der Waals surface area contributed by atoms with Crippen molar-refractivity contribution < 1.29 is 13.9 Å². The van der Waals surface area contributed by atoms with Gasteiger partial charge in [0.25, 0.3) is 0 Å². The Hall–Kier alpha value is -1.61. The highest BCUT2D eigenvalue weighted by Gasteiger charge is 2.16. The summed E-state index contributed by atoms with van der Waals surface area (Å²) in [5, 5.41) is 10.0. The van der Waals surface area contributed by atoms with E-state index in [2.05, 4.69) is 0 Å². The summed E-state index contributed by atoms with van der Waals surface area (Å²) < 4.78 is 18.6. The third kappa shape index (κ3) is 1.99. The summed E-state index contributed by atoms with van der Waals surface area (Å²) in [5.41, 5.74) is 1.76. The topological polar surface area (TPSA) is 33.4 Å². The molecule has 0 amide bonds. The van der Waals surface area contributed by atoms with Crippen molar-refractivity contribution in [2.45, 2.75) is 20.0 Å². The van der Waals surface area contributed by atoms with Crippen molar-refractivity contribution in [3.05, 3.63) is 58.8 Å². The Morgan fingerprint density at radius 2 is 2.00 bits per heavy atom. The predicted molar refractivity (Wildman–Crippen MR) is 58.6 cm³/mol. The molecule has 3 heteroatoms. The third-order valence-electron chi connectivity index (χ3n) is 2.51. The lowest BCUT2D eigenvalue weighted by molar-refractivity contribution is 0.214. The van der Waals surface area contributed by atoms with Crippen molar-refractivity contribution in [3.8, 4) is 0 Å². The Labute approximate surface area is 93.3 Å². The second kappa shape index (κ2) is 4.10. The zero-order chi connectivity index (χ0) is 11.7. The summed E-state index contributed by atoms with van der Waals surface area (Å²) in [6.07, 6.45) is 0.472. The minimum Gasteiger partial charge on any atom is -0.469 e. The van der Waals surface area contributed by atoms with E-state index in [0.29, 0.717) is 11.3 Å². The summed E-state index contributed by atoms with van der Waals surface area (Å²) in [4.78, 5) is 0. The van der Waals surface area contributed by atoms with Gasteiger partial charge in [-0.15, -0.1) is 0 Å². The van der Waals surface area contributed by atoms with Crippen LogP contribution in [-0.2, 0) is 0 Å². The minimum atomic E-state index is -0.975. The van der Waals surface area contributed by atoms with E-state index in [1.807, 2.05) is 6.92 Å². The van der Waals surface area contributed by atoms with Gasteiger partial charge in [-0.05, 0) is 26.0 Å². The van der Waals surface area contributed by atoms with Crippen LogP contribution in [0.15, 0.2) is 34.9 Å². The molecule has 0 fully saturated rings. The van der Waals surface area contributed by atoms with Crippen LogP contribution in [0.1, 0.15) is 28.6 Å². The highest BCUT2D eigenvalue weighted by molar-refractivity contribution is 5.32. The number of rotatable bonds is 2. The fourth-order valence-corrected chi connectivity index (χ4v) is 1.66. The monoisotopic (exact) mass is 220 g/mol. The fourth-order valence-electron chi connectivity index (χ4n) is 1.66. The van der Waals surface area contributed by atoms with E-state index >= 15 is 0 Å². The van der Waals surface area contributed by atoms with E-state index in [9.17, 15) is 9.50 Å². The quantitative estimate of drug-likeness (QED) is 0.843. The van der Waals surface area contributed by atoms with Crippen molar-refractivity contribution in [2.75, 3.05) is 0 Å². The first-order chi connectivity index (χ1) is 7.58. The highest BCUT2D eigenvalue weighted by atomic mass is 19.1. The largest absolute Gasteiger partial charge is 0.469 e. The predicted octanol–water partition coefficient (Wildman–Crippen LogP) is 3.12. The maximum Gasteiger partial charge on any atom is 0.129 e. The summed E-state index contributed by atoms with van der Waals surface area (Å²) in [5.74, 6) is 0.291. The maximum absolute atomic E-state index is 13.5. The number of aliphatic hydroxyl groups is 1. The first kappa shape index (κ1) is 10.9. The molecule has 0 bridgehead atoms. The average molecular weight is 220 g/mol. The van der Waals surface area contributed by atoms with Crippen LogP contribution in [0.5, 0.6) is 0 Å². The van der Waals surface area contributed by atoms with Gasteiger partial charge in [0.2, 0.25) is 0 Å². The van der Waals surface area contributed by atoms with Gasteiger partial charge in [-0.1, -0.05) is 17.7 Å². The Morgan fingerprint density at radius 3 is 2.62 bits per heavy atom. The molecule has 1 atom stereocenters. The number of aryl methyl sites for hydroxylation is 2. The molecule has 0 radical (unpaired) electrons. The Morgan fingerprint density at radius 1 is 1.25 bits per heavy atom. The molecule has 2 nitrogen and oxygen atoms in total. The van der Waals surface area contributed by atoms with Gasteiger partial charge in [0.05, 0.1) is 6.26 Å². The zero-order valence-corrected chi connectivity index (χ0v) is 9.20. The standard InChI is InChI=1S/C13H13FO2/c1-8-3-4-12(14)11(5-8)13(15)10-6-9(2)16-7-10/h3-7,13,15H,1-2H3. The second-order valence-electron chi connectivity index (χ2n) is 3.92. The van der Waals surface area contributed by atoms with Gasteiger partial charge in [-0.3, -0.25) is 0 Å². The van der Waals surface area contributed by atoms with Crippen LogP contribution in [0.4, 0.5) is 4.39 Å². The lowest BCUT2D eigenvalue weighted by Gasteiger charge is -2.10. The van der Waals surface area contributed by atoms with Crippen LogP contribution in [-0.4, -0.2) is 5.11 Å². The maximum atomic E-state index is 13.5. The Kier molecular flexibility index (Phi) is 2.79. The fraction of sp³-hybridized carbons (Fsp3) is 0.231. The molecule has 1 aromatic heterocycles. The lowest BCUT2D eigenvalue weighted by Crippen LogP contribution is -2.01. The molecule has 84 valence electrons. The summed E-state index contributed by atoms with van der Waals surface area (Å²) in [7, 11) is 0. The summed E-state index contributed by atoms with van der Waals surface area (Å²) in [6.45, 7) is 3.64. The number of aliphatic hydroxyl groups excluding tert-OH is 1. The van der Waals surface area contributed by atoms with Crippen LogP contribution in [0.2, 0.25) is 0 Å². The molecule has 16 heavy (non-hydrogen) atoms. The number of hydrogen-bond donors (Lipinski definition) is 1. The van der Waals surface area contributed by atoms with Gasteiger partial charge < -0.3 is 9.52 Å². The Balaban J connectivity index is 2.40. The van der Waals surface area contributed by atoms with Crippen LogP contribution in [0.25, 0.3) is 0 Å². The summed E-state index contributed by atoms with van der Waals surface area (Å²) >= 11 is 0. The molecule has 2 aromatic rings. The zero-order valence-electron chi connectivity index (χ0n) is 9.20. The van der Waals surface area contributed by atoms with E-state index in [1.165, 1.54) is 12.3 Å². The molecular formula is C13H13FO2. The molecular weight excluding hydrogens is 207 g/mol. The van der Waals surface area contributed by atoms with Crippen LogP contribution in [0, 0.1) is 19.7 Å². The minimum absolute atomic E-state index is 0.279. The third-order valence-corrected chi connectivity index (χ3v) is 2.51. The van der Waals surface area contributed by atoms with E-state index in [0.717, 1.165) is 5.56 Å². The van der Waals surface area contributed by atoms with Crippen LogP contribution in [0.3, 0.4) is 0 Å². The van der Waals surface area contributed by atoms with Crippen LogP contribution >= 0.6 is 0 Å². The molecule has 0 saturated heterocycles. The number of benzene rings is 1. The second-order valence-corrected chi connectivity index (χ2v) is 3.92. The normalized spacial score (nSPS) is 12.8. The van der Waals surface area contributed by atoms with Gasteiger partial charge in [0.1, 0.15) is 17.7 Å². The molecule has 1 aromatic carbocycles. The van der Waals surface area contributed by atoms with Gasteiger partial charge in [0, 0.05) is 11.1 Å². The molecule has 0 spiro atoms. The molecule has 0 saturated carbocycles. The SMILES string of the molecule is Cc1ccc(F)c(C(O)c2coc(C)c2)c1. The Bertz CT molecular complexity index is 502. The van der Waals surface area contributed by atoms with Crippen molar-refractivity contribution in [3.63, 3.8) is 0 Å². The van der Waals surface area contributed by atoms with Crippen LogP contribution < -0.4 is 0 Å².